The first-order chi connectivity index (χ1) is 23.3. The quantitative estimate of drug-likeness (QED) is 0.201. The monoisotopic (exact) mass is 601 g/mol. The molecule has 0 aliphatic carbocycles. The van der Waals surface area contributed by atoms with Gasteiger partial charge in [-0.25, -0.2) is 0 Å². The maximum atomic E-state index is 6.61. The number of para-hydroxylation sites is 2. The molecule has 0 aliphatic rings. The number of fused-ring (bicyclic) bond motifs is 9. The Kier molecular flexibility index (Phi) is 5.57. The molecule has 0 radical (unpaired) electrons. The zero-order valence-electron chi connectivity index (χ0n) is 25.4. The van der Waals surface area contributed by atoms with Crippen molar-refractivity contribution in [2.45, 2.75) is 0 Å². The fraction of sp³-hybridized carbons (Fsp3) is 0. The van der Waals surface area contributed by atoms with Gasteiger partial charge < -0.3 is 13.7 Å². The summed E-state index contributed by atoms with van der Waals surface area (Å²) in [6.07, 6.45) is 0. The molecule has 10 rings (SSSR count). The van der Waals surface area contributed by atoms with E-state index in [1.165, 1.54) is 16.2 Å². The fourth-order valence-electron chi connectivity index (χ4n) is 7.33. The van der Waals surface area contributed by atoms with E-state index in [2.05, 4.69) is 157 Å². The summed E-state index contributed by atoms with van der Waals surface area (Å²) in [6, 6.07) is 57.8. The fourth-order valence-corrected chi connectivity index (χ4v) is 7.33. The van der Waals surface area contributed by atoms with Crippen molar-refractivity contribution in [3.05, 3.63) is 164 Å². The maximum Gasteiger partial charge on any atom is 0.159 e. The third kappa shape index (κ3) is 3.93. The highest BCUT2D eigenvalue weighted by Crippen LogP contribution is 2.46. The molecule has 0 atom stereocenters. The van der Waals surface area contributed by atoms with Gasteiger partial charge in [0, 0.05) is 38.0 Å². The molecule has 3 nitrogen and oxygen atoms in total. The second-order valence-electron chi connectivity index (χ2n) is 12.1. The van der Waals surface area contributed by atoms with Crippen LogP contribution < -0.4 is 4.90 Å². The van der Waals surface area contributed by atoms with Crippen molar-refractivity contribution in [2.24, 2.45) is 0 Å². The Morgan fingerprint density at radius 2 is 1.02 bits per heavy atom. The van der Waals surface area contributed by atoms with E-state index < -0.39 is 0 Å². The van der Waals surface area contributed by atoms with Crippen LogP contribution in [0.3, 0.4) is 0 Å². The zero-order valence-corrected chi connectivity index (χ0v) is 25.4. The second kappa shape index (κ2) is 10.1. The molecule has 0 unspecified atom stereocenters. The van der Waals surface area contributed by atoms with Crippen molar-refractivity contribution in [1.29, 1.82) is 0 Å². The van der Waals surface area contributed by atoms with E-state index in [4.69, 9.17) is 8.83 Å². The molecular weight excluding hydrogens is 574 g/mol. The molecule has 2 aromatic heterocycles. The first-order valence-electron chi connectivity index (χ1n) is 15.9. The van der Waals surface area contributed by atoms with Crippen LogP contribution in [0.2, 0.25) is 0 Å². The maximum absolute atomic E-state index is 6.61. The predicted octanol–water partition coefficient (Wildman–Crippen LogP) is 12.9. The summed E-state index contributed by atoms with van der Waals surface area (Å²) in [7, 11) is 0. The second-order valence-corrected chi connectivity index (χ2v) is 12.1. The third-order valence-corrected chi connectivity index (χ3v) is 9.43. The number of benzene rings is 8. The summed E-state index contributed by atoms with van der Waals surface area (Å²) in [6.45, 7) is 0. The zero-order chi connectivity index (χ0) is 30.9. The van der Waals surface area contributed by atoms with Crippen LogP contribution in [0.5, 0.6) is 0 Å². The minimum atomic E-state index is 0.863. The summed E-state index contributed by atoms with van der Waals surface area (Å²) in [5, 5.41) is 9.12. The van der Waals surface area contributed by atoms with E-state index in [0.29, 0.717) is 0 Å². The topological polar surface area (TPSA) is 29.5 Å². The molecule has 3 heteroatoms. The molecule has 0 N–H and O–H groups in total. The van der Waals surface area contributed by atoms with E-state index in [9.17, 15) is 0 Å². The number of nitrogens with zero attached hydrogens (tertiary/aromatic N) is 1. The number of hydrogen-bond donors (Lipinski definition) is 0. The van der Waals surface area contributed by atoms with Gasteiger partial charge in [0.1, 0.15) is 16.7 Å². The van der Waals surface area contributed by atoms with Gasteiger partial charge in [0.25, 0.3) is 0 Å². The molecule has 0 fully saturated rings. The predicted molar refractivity (Wildman–Crippen MR) is 196 cm³/mol. The highest BCUT2D eigenvalue weighted by atomic mass is 16.3. The van der Waals surface area contributed by atoms with Crippen LogP contribution in [0.25, 0.3) is 76.5 Å². The molecule has 2 heterocycles. The van der Waals surface area contributed by atoms with Gasteiger partial charge in [-0.2, -0.15) is 0 Å². The smallest absolute Gasteiger partial charge is 0.159 e. The summed E-state index contributed by atoms with van der Waals surface area (Å²) in [5.41, 5.74) is 8.94. The highest BCUT2D eigenvalue weighted by molar-refractivity contribution is 6.19. The normalized spacial score (nSPS) is 11.8. The third-order valence-electron chi connectivity index (χ3n) is 9.43. The van der Waals surface area contributed by atoms with Crippen LogP contribution in [0.4, 0.5) is 17.1 Å². The number of rotatable bonds is 4. The van der Waals surface area contributed by atoms with Gasteiger partial charge in [-0.15, -0.1) is 0 Å². The van der Waals surface area contributed by atoms with Crippen molar-refractivity contribution >= 4 is 82.5 Å². The summed E-state index contributed by atoms with van der Waals surface area (Å²) >= 11 is 0. The van der Waals surface area contributed by atoms with E-state index >= 15 is 0 Å². The molecule has 47 heavy (non-hydrogen) atoms. The molecule has 0 aliphatic heterocycles. The van der Waals surface area contributed by atoms with Crippen LogP contribution in [0.1, 0.15) is 0 Å². The lowest BCUT2D eigenvalue weighted by Crippen LogP contribution is -2.11. The van der Waals surface area contributed by atoms with Crippen LogP contribution in [0, 0.1) is 0 Å². The van der Waals surface area contributed by atoms with Crippen LogP contribution in [0.15, 0.2) is 173 Å². The van der Waals surface area contributed by atoms with Crippen molar-refractivity contribution < 1.29 is 8.83 Å². The first-order valence-corrected chi connectivity index (χ1v) is 15.9. The summed E-state index contributed by atoms with van der Waals surface area (Å²) in [5.74, 6) is 0. The van der Waals surface area contributed by atoms with Crippen LogP contribution in [-0.2, 0) is 0 Å². The van der Waals surface area contributed by atoms with E-state index in [1.54, 1.807) is 0 Å². The molecular formula is C44H27NO2. The molecule has 0 saturated carbocycles. The SMILES string of the molecule is c1cc(-c2cccc3oc4c5ccccc5ccc4c23)cc(N(c2cccc3ccccc23)c2cccc3c2oc2ccccc23)c1. The van der Waals surface area contributed by atoms with Crippen molar-refractivity contribution in [3.8, 4) is 11.1 Å². The summed E-state index contributed by atoms with van der Waals surface area (Å²) < 4.78 is 13.2. The van der Waals surface area contributed by atoms with Crippen LogP contribution >= 0.6 is 0 Å². The van der Waals surface area contributed by atoms with Gasteiger partial charge in [0.15, 0.2) is 5.58 Å². The van der Waals surface area contributed by atoms with Gasteiger partial charge in [-0.05, 0) is 64.4 Å². The average molecular weight is 602 g/mol. The van der Waals surface area contributed by atoms with Crippen molar-refractivity contribution in [2.75, 3.05) is 4.90 Å². The van der Waals surface area contributed by atoms with Crippen molar-refractivity contribution in [1.82, 2.24) is 0 Å². The van der Waals surface area contributed by atoms with Crippen molar-refractivity contribution in [3.63, 3.8) is 0 Å². The standard InChI is InChI=1S/C44H27NO2/c1-3-16-32-28(11-1)13-8-21-38(32)45(39-22-9-20-36-35-18-5-6-23-40(35)46-44(36)39)31-15-7-14-30(27-31)33-19-10-24-41-42(33)37-26-25-29-12-2-4-17-34(29)43(37)47-41/h1-27H. The van der Waals surface area contributed by atoms with E-state index in [1.807, 2.05) is 12.1 Å². The van der Waals surface area contributed by atoms with Crippen LogP contribution in [-0.4, -0.2) is 0 Å². The minimum absolute atomic E-state index is 0.863. The lowest BCUT2D eigenvalue weighted by atomic mass is 9.97. The van der Waals surface area contributed by atoms with Gasteiger partial charge >= 0.3 is 0 Å². The molecule has 0 saturated heterocycles. The lowest BCUT2D eigenvalue weighted by Gasteiger charge is -2.27. The first kappa shape index (κ1) is 26.0. The Balaban J connectivity index is 1.24. The Labute approximate surface area is 270 Å². The van der Waals surface area contributed by atoms with E-state index in [0.717, 1.165) is 77.5 Å². The molecule has 0 bridgehead atoms. The van der Waals surface area contributed by atoms with Gasteiger partial charge in [-0.3, -0.25) is 0 Å². The Morgan fingerprint density at radius 3 is 1.94 bits per heavy atom. The molecule has 10 aromatic rings. The lowest BCUT2D eigenvalue weighted by molar-refractivity contribution is 0.669. The molecule has 0 spiro atoms. The number of anilines is 3. The minimum Gasteiger partial charge on any atom is -0.455 e. The van der Waals surface area contributed by atoms with Gasteiger partial charge in [0.05, 0.1) is 11.4 Å². The average Bonchev–Trinajstić information content (AvgIpc) is 3.72. The largest absolute Gasteiger partial charge is 0.455 e. The van der Waals surface area contributed by atoms with Gasteiger partial charge in [0.2, 0.25) is 0 Å². The Morgan fingerprint density at radius 1 is 0.383 bits per heavy atom. The molecule has 220 valence electrons. The van der Waals surface area contributed by atoms with E-state index in [-0.39, 0.29) is 0 Å². The Bertz CT molecular complexity index is 2820. The number of hydrogen-bond acceptors (Lipinski definition) is 3. The summed E-state index contributed by atoms with van der Waals surface area (Å²) in [4.78, 5) is 2.34. The Hall–Kier alpha value is -6.32. The van der Waals surface area contributed by atoms with Gasteiger partial charge in [-0.1, -0.05) is 121 Å². The number of furan rings is 2. The highest BCUT2D eigenvalue weighted by Gasteiger charge is 2.22. The molecule has 8 aromatic carbocycles. The molecule has 0 amide bonds.